The number of allylic oxidation sites excluding steroid dienone is 1. The number of amides is 1. The molecule has 0 radical (unpaired) electrons. The molecule has 3 atom stereocenters. The van der Waals surface area contributed by atoms with Crippen molar-refractivity contribution in [2.24, 2.45) is 5.92 Å². The molecule has 5 heteroatoms. The molecule has 1 N–H and O–H groups in total. The molecule has 1 amide bonds. The van der Waals surface area contributed by atoms with Crippen molar-refractivity contribution in [3.05, 3.63) is 71.0 Å². The third kappa shape index (κ3) is 3.88. The summed E-state index contributed by atoms with van der Waals surface area (Å²) in [5.41, 5.74) is 6.47. The van der Waals surface area contributed by atoms with E-state index in [0.717, 1.165) is 25.9 Å². The van der Waals surface area contributed by atoms with Crippen LogP contribution in [0.4, 0.5) is 0 Å². The van der Waals surface area contributed by atoms with Gasteiger partial charge in [0, 0.05) is 38.1 Å². The van der Waals surface area contributed by atoms with Crippen LogP contribution >= 0.6 is 0 Å². The van der Waals surface area contributed by atoms with Crippen LogP contribution in [0.1, 0.15) is 42.4 Å². The Morgan fingerprint density at radius 2 is 1.97 bits per heavy atom. The van der Waals surface area contributed by atoms with E-state index in [-0.39, 0.29) is 24.3 Å². The summed E-state index contributed by atoms with van der Waals surface area (Å²) in [6, 6.07) is 15.2. The summed E-state index contributed by atoms with van der Waals surface area (Å²) in [5.74, 6) is 0.387. The van der Waals surface area contributed by atoms with E-state index < -0.39 is 6.29 Å². The van der Waals surface area contributed by atoms with Gasteiger partial charge in [-0.3, -0.25) is 4.79 Å². The largest absolute Gasteiger partial charge is 0.459 e. The fourth-order valence-corrected chi connectivity index (χ4v) is 4.92. The number of hydrogen-bond acceptors (Lipinski definition) is 4. The minimum Gasteiger partial charge on any atom is -0.459 e. The first-order valence-electron chi connectivity index (χ1n) is 11.3. The van der Waals surface area contributed by atoms with Crippen LogP contribution < -0.4 is 0 Å². The van der Waals surface area contributed by atoms with E-state index >= 15 is 0 Å². The van der Waals surface area contributed by atoms with Gasteiger partial charge >= 0.3 is 0 Å². The summed E-state index contributed by atoms with van der Waals surface area (Å²) in [7, 11) is 0. The van der Waals surface area contributed by atoms with E-state index in [0.29, 0.717) is 18.8 Å². The third-order valence-electron chi connectivity index (χ3n) is 6.56. The quantitative estimate of drug-likeness (QED) is 0.591. The summed E-state index contributed by atoms with van der Waals surface area (Å²) < 4.78 is 12.0. The normalized spacial score (nSPS) is 23.6. The first-order valence-corrected chi connectivity index (χ1v) is 11.3. The zero-order valence-electron chi connectivity index (χ0n) is 17.9. The average molecular weight is 420 g/mol. The number of carbonyl (C=O) groups is 1. The molecule has 0 aromatic heterocycles. The zero-order valence-corrected chi connectivity index (χ0v) is 17.9. The predicted octanol–water partition coefficient (Wildman–Crippen LogP) is 3.85. The van der Waals surface area contributed by atoms with Crippen LogP contribution in [0.25, 0.3) is 11.1 Å². The standard InChI is InChI=1S/C26H29NO4/c1-2-30-26-22(8-5-13-28)23(16-24(31-26)25(29)27-11-12-27)18-9-10-21-19(15-18)14-17-6-3-4-7-20(17)21/h3-4,6-7,9-10,15-16,22-23,26,28H,2,5,8,11-14H2,1H3/t22-,23-,26-/m0/s1. The van der Waals surface area contributed by atoms with Crippen LogP contribution in [0, 0.1) is 5.92 Å². The van der Waals surface area contributed by atoms with Crippen molar-refractivity contribution in [3.63, 3.8) is 0 Å². The Balaban J connectivity index is 1.52. The van der Waals surface area contributed by atoms with Crippen LogP contribution in [-0.2, 0) is 20.7 Å². The van der Waals surface area contributed by atoms with E-state index in [2.05, 4.69) is 42.5 Å². The number of rotatable bonds is 7. The lowest BCUT2D eigenvalue weighted by Gasteiger charge is -2.37. The number of nitrogens with zero attached hydrogens (tertiary/aromatic N) is 1. The molecular weight excluding hydrogens is 390 g/mol. The number of carbonyl (C=O) groups excluding carboxylic acids is 1. The molecule has 2 aromatic carbocycles. The number of aliphatic hydroxyl groups is 1. The van der Waals surface area contributed by atoms with Crippen molar-refractivity contribution in [3.8, 4) is 11.1 Å². The Labute approximate surface area is 183 Å². The van der Waals surface area contributed by atoms with Crippen LogP contribution in [0.15, 0.2) is 54.3 Å². The van der Waals surface area contributed by atoms with Gasteiger partial charge in [-0.1, -0.05) is 42.5 Å². The van der Waals surface area contributed by atoms with Crippen LogP contribution in [-0.4, -0.2) is 48.5 Å². The second-order valence-electron chi connectivity index (χ2n) is 8.57. The molecule has 0 bridgehead atoms. The maximum Gasteiger partial charge on any atom is 0.288 e. The monoisotopic (exact) mass is 419 g/mol. The molecule has 162 valence electrons. The molecule has 2 heterocycles. The van der Waals surface area contributed by atoms with Gasteiger partial charge in [-0.15, -0.1) is 0 Å². The Morgan fingerprint density at radius 3 is 2.74 bits per heavy atom. The third-order valence-corrected chi connectivity index (χ3v) is 6.56. The maximum absolute atomic E-state index is 12.8. The molecule has 1 fully saturated rings. The predicted molar refractivity (Wildman–Crippen MR) is 118 cm³/mol. The van der Waals surface area contributed by atoms with Crippen molar-refractivity contribution in [1.82, 2.24) is 4.90 Å². The second-order valence-corrected chi connectivity index (χ2v) is 8.57. The van der Waals surface area contributed by atoms with E-state index in [4.69, 9.17) is 9.47 Å². The Kier molecular flexibility index (Phi) is 5.55. The molecule has 0 unspecified atom stereocenters. The highest BCUT2D eigenvalue weighted by atomic mass is 16.7. The minimum atomic E-state index is -0.490. The number of aliphatic hydroxyl groups excluding tert-OH is 1. The van der Waals surface area contributed by atoms with Gasteiger partial charge in [0.25, 0.3) is 5.91 Å². The van der Waals surface area contributed by atoms with Crippen molar-refractivity contribution in [1.29, 1.82) is 0 Å². The van der Waals surface area contributed by atoms with Gasteiger partial charge in [-0.2, -0.15) is 0 Å². The molecule has 2 aliphatic heterocycles. The highest BCUT2D eigenvalue weighted by molar-refractivity contribution is 5.93. The molecule has 2 aromatic rings. The Bertz CT molecular complexity index is 1010. The topological polar surface area (TPSA) is 58.8 Å². The molecule has 5 rings (SSSR count). The lowest BCUT2D eigenvalue weighted by molar-refractivity contribution is -0.168. The van der Waals surface area contributed by atoms with Crippen molar-refractivity contribution >= 4 is 5.91 Å². The molecule has 0 spiro atoms. The maximum atomic E-state index is 12.8. The summed E-state index contributed by atoms with van der Waals surface area (Å²) in [6.45, 7) is 4.16. The molecular formula is C26H29NO4. The summed E-state index contributed by atoms with van der Waals surface area (Å²) in [6.07, 6.45) is 3.87. The molecule has 1 saturated heterocycles. The van der Waals surface area contributed by atoms with Gasteiger partial charge < -0.3 is 19.5 Å². The van der Waals surface area contributed by atoms with Crippen LogP contribution in [0.2, 0.25) is 0 Å². The second kappa shape index (κ2) is 8.48. The number of fused-ring (bicyclic) bond motifs is 3. The zero-order chi connectivity index (χ0) is 21.4. The highest BCUT2D eigenvalue weighted by Crippen LogP contribution is 2.43. The highest BCUT2D eigenvalue weighted by Gasteiger charge is 2.40. The first kappa shape index (κ1) is 20.3. The lowest BCUT2D eigenvalue weighted by Crippen LogP contribution is -2.37. The van der Waals surface area contributed by atoms with Gasteiger partial charge in [0.15, 0.2) is 5.76 Å². The summed E-state index contributed by atoms with van der Waals surface area (Å²) in [5, 5.41) is 9.46. The molecule has 0 saturated carbocycles. The number of benzene rings is 2. The Hall–Kier alpha value is -2.63. The lowest BCUT2D eigenvalue weighted by atomic mass is 9.80. The molecule has 5 nitrogen and oxygen atoms in total. The van der Waals surface area contributed by atoms with Crippen molar-refractivity contribution < 1.29 is 19.4 Å². The van der Waals surface area contributed by atoms with Gasteiger partial charge in [-0.05, 0) is 60.1 Å². The van der Waals surface area contributed by atoms with Gasteiger partial charge in [-0.25, -0.2) is 0 Å². The fourth-order valence-electron chi connectivity index (χ4n) is 4.92. The van der Waals surface area contributed by atoms with Gasteiger partial charge in [0.1, 0.15) is 0 Å². The molecule has 1 aliphatic carbocycles. The van der Waals surface area contributed by atoms with Gasteiger partial charge in [0.2, 0.25) is 6.29 Å². The van der Waals surface area contributed by atoms with Gasteiger partial charge in [0.05, 0.1) is 0 Å². The minimum absolute atomic E-state index is 0.00441. The molecule has 31 heavy (non-hydrogen) atoms. The van der Waals surface area contributed by atoms with Crippen molar-refractivity contribution in [2.75, 3.05) is 26.3 Å². The van der Waals surface area contributed by atoms with E-state index in [1.807, 2.05) is 13.0 Å². The van der Waals surface area contributed by atoms with E-state index in [1.165, 1.54) is 27.8 Å². The summed E-state index contributed by atoms with van der Waals surface area (Å²) in [4.78, 5) is 14.6. The van der Waals surface area contributed by atoms with Crippen molar-refractivity contribution in [2.45, 2.75) is 38.4 Å². The summed E-state index contributed by atoms with van der Waals surface area (Å²) >= 11 is 0. The van der Waals surface area contributed by atoms with E-state index in [1.54, 1.807) is 4.90 Å². The SMILES string of the molecule is CCO[C@H]1OC(C(=O)N2CC2)=C[C@@H](c2ccc3c(c2)Cc2ccccc2-3)[C@@H]1CCCO. The average Bonchev–Trinajstić information content (AvgIpc) is 3.57. The van der Waals surface area contributed by atoms with E-state index in [9.17, 15) is 9.90 Å². The fraction of sp³-hybridized carbons (Fsp3) is 0.423. The first-order chi connectivity index (χ1) is 15.2. The number of hydrogen-bond donors (Lipinski definition) is 1. The Morgan fingerprint density at radius 1 is 1.16 bits per heavy atom. The number of ether oxygens (including phenoxy) is 2. The smallest absolute Gasteiger partial charge is 0.288 e. The van der Waals surface area contributed by atoms with Crippen LogP contribution in [0.3, 0.4) is 0 Å². The van der Waals surface area contributed by atoms with Crippen LogP contribution in [0.5, 0.6) is 0 Å². The molecule has 3 aliphatic rings.